The fraction of sp³-hybridized carbons (Fsp3) is 0.143. The van der Waals surface area contributed by atoms with Gasteiger partial charge in [-0.3, -0.25) is 14.9 Å². The second kappa shape index (κ2) is 3.34. The minimum atomic E-state index is -0.215. The highest BCUT2D eigenvalue weighted by molar-refractivity contribution is 6.34. The predicted octanol–water partition coefficient (Wildman–Crippen LogP) is 1.08. The van der Waals surface area contributed by atoms with E-state index in [1.54, 1.807) is 0 Å². The van der Waals surface area contributed by atoms with Gasteiger partial charge in [0.25, 0.3) is 0 Å². The standard InChI is InChI=1S/C7H5ClNO2/c8-2-7(11)5-1-6(4-10)9-3-5/h1,3-4H,2H2. The average Bonchev–Trinajstić information content (AvgIpc) is 2.50. The van der Waals surface area contributed by atoms with Gasteiger partial charge in [-0.05, 0) is 6.08 Å². The van der Waals surface area contributed by atoms with Crippen LogP contribution >= 0.6 is 11.6 Å². The molecule has 0 saturated carbocycles. The molecule has 0 aromatic carbocycles. The Balaban J connectivity index is 2.80. The van der Waals surface area contributed by atoms with E-state index < -0.39 is 0 Å². The van der Waals surface area contributed by atoms with E-state index in [0.29, 0.717) is 11.8 Å². The molecule has 0 fully saturated rings. The number of Topliss-reactive ketones (excluding diaryl/α,β-unsaturated/α-hetero) is 1. The molecule has 0 amide bonds. The van der Waals surface area contributed by atoms with Gasteiger partial charge in [-0.2, -0.15) is 0 Å². The van der Waals surface area contributed by atoms with Gasteiger partial charge < -0.3 is 0 Å². The third-order valence-corrected chi connectivity index (χ3v) is 1.46. The van der Waals surface area contributed by atoms with Crippen LogP contribution in [0.25, 0.3) is 0 Å². The number of rotatable bonds is 2. The molecule has 1 heterocycles. The first-order valence-electron chi connectivity index (χ1n) is 2.95. The van der Waals surface area contributed by atoms with Crippen LogP contribution in [0.15, 0.2) is 28.6 Å². The van der Waals surface area contributed by atoms with E-state index >= 15 is 0 Å². The molecule has 3 nitrogen and oxygen atoms in total. The van der Waals surface area contributed by atoms with Crippen molar-refractivity contribution in [1.29, 1.82) is 0 Å². The minimum absolute atomic E-state index is 0.0794. The van der Waals surface area contributed by atoms with Crippen molar-refractivity contribution in [3.63, 3.8) is 0 Å². The first-order chi connectivity index (χ1) is 5.27. The Morgan fingerprint density at radius 1 is 1.73 bits per heavy atom. The Kier molecular flexibility index (Phi) is 2.44. The van der Waals surface area contributed by atoms with E-state index in [2.05, 4.69) is 4.99 Å². The topological polar surface area (TPSA) is 49.3 Å². The zero-order chi connectivity index (χ0) is 8.27. The Hall–Kier alpha value is -1.09. The number of allylic oxidation sites excluding steroid dienone is 2. The molecule has 0 bridgehead atoms. The van der Waals surface area contributed by atoms with Crippen molar-refractivity contribution in [2.75, 3.05) is 5.88 Å². The lowest BCUT2D eigenvalue weighted by atomic mass is 10.2. The Labute approximate surface area is 68.7 Å². The SMILES string of the molecule is [O]C=C1C=C(C(=O)CCl)C=N1. The van der Waals surface area contributed by atoms with Crippen LogP contribution < -0.4 is 0 Å². The Morgan fingerprint density at radius 3 is 2.91 bits per heavy atom. The number of hydrogen-bond donors (Lipinski definition) is 0. The number of aliphatic imine (C=N–C) groups is 1. The fourth-order valence-electron chi connectivity index (χ4n) is 0.672. The summed E-state index contributed by atoms with van der Waals surface area (Å²) in [7, 11) is 0. The summed E-state index contributed by atoms with van der Waals surface area (Å²) in [6.07, 6.45) is 3.34. The second-order valence-electron chi connectivity index (χ2n) is 1.96. The van der Waals surface area contributed by atoms with E-state index in [4.69, 9.17) is 11.6 Å². The number of alkyl halides is 1. The zero-order valence-corrected chi connectivity index (χ0v) is 6.34. The van der Waals surface area contributed by atoms with Gasteiger partial charge in [0.1, 0.15) is 5.70 Å². The molecule has 0 unspecified atom stereocenters. The number of carbonyl (C=O) groups is 1. The third-order valence-electron chi connectivity index (χ3n) is 1.22. The highest BCUT2D eigenvalue weighted by Gasteiger charge is 2.10. The van der Waals surface area contributed by atoms with Crippen molar-refractivity contribution in [1.82, 2.24) is 0 Å². The molecule has 0 saturated heterocycles. The summed E-state index contributed by atoms with van der Waals surface area (Å²) in [4.78, 5) is 14.5. The van der Waals surface area contributed by atoms with Crippen molar-refractivity contribution < 1.29 is 9.90 Å². The summed E-state index contributed by atoms with van der Waals surface area (Å²) in [5.74, 6) is -0.295. The molecule has 0 spiro atoms. The van der Waals surface area contributed by atoms with Crippen molar-refractivity contribution in [2.45, 2.75) is 0 Å². The first kappa shape index (κ1) is 8.01. The van der Waals surface area contributed by atoms with Gasteiger partial charge in [0.05, 0.1) is 5.88 Å². The lowest BCUT2D eigenvalue weighted by molar-refractivity contribution is -0.112. The third kappa shape index (κ3) is 1.68. The molecule has 0 aromatic rings. The number of carbonyl (C=O) groups excluding carboxylic acids is 1. The minimum Gasteiger partial charge on any atom is -0.296 e. The lowest BCUT2D eigenvalue weighted by Gasteiger charge is -1.87. The summed E-state index contributed by atoms with van der Waals surface area (Å²) in [5, 5.41) is 10.1. The molecule has 0 aromatic heterocycles. The molecule has 11 heavy (non-hydrogen) atoms. The van der Waals surface area contributed by atoms with E-state index in [0.717, 1.165) is 0 Å². The number of hydrogen-bond acceptors (Lipinski definition) is 2. The van der Waals surface area contributed by atoms with Crippen LogP contribution in [0.4, 0.5) is 0 Å². The Bertz CT molecular complexity index is 266. The van der Waals surface area contributed by atoms with Gasteiger partial charge >= 0.3 is 0 Å². The molecular weight excluding hydrogens is 166 g/mol. The van der Waals surface area contributed by atoms with E-state index in [1.807, 2.05) is 0 Å². The molecule has 0 aliphatic carbocycles. The van der Waals surface area contributed by atoms with Gasteiger partial charge in [-0.1, -0.05) is 0 Å². The molecular formula is C7H5ClNO2. The van der Waals surface area contributed by atoms with Crippen LogP contribution in [0.5, 0.6) is 0 Å². The van der Waals surface area contributed by atoms with Crippen molar-refractivity contribution in [3.8, 4) is 0 Å². The first-order valence-corrected chi connectivity index (χ1v) is 3.48. The lowest BCUT2D eigenvalue weighted by Crippen LogP contribution is -2.02. The molecule has 1 rings (SSSR count). The van der Waals surface area contributed by atoms with Crippen LogP contribution in [0.3, 0.4) is 0 Å². The van der Waals surface area contributed by atoms with E-state index in [-0.39, 0.29) is 17.4 Å². The largest absolute Gasteiger partial charge is 0.296 e. The monoisotopic (exact) mass is 170 g/mol. The summed E-state index contributed by atoms with van der Waals surface area (Å²) >= 11 is 5.27. The molecule has 1 aliphatic rings. The van der Waals surface area contributed by atoms with Crippen LogP contribution in [-0.2, 0) is 9.90 Å². The normalized spacial score (nSPS) is 19.0. The molecule has 1 radical (unpaired) electrons. The van der Waals surface area contributed by atoms with Gasteiger partial charge in [0.15, 0.2) is 12.0 Å². The number of nitrogens with zero attached hydrogens (tertiary/aromatic N) is 1. The van der Waals surface area contributed by atoms with Gasteiger partial charge in [-0.15, -0.1) is 11.6 Å². The Morgan fingerprint density at radius 2 is 2.45 bits per heavy atom. The van der Waals surface area contributed by atoms with E-state index in [9.17, 15) is 9.90 Å². The highest BCUT2D eigenvalue weighted by Crippen LogP contribution is 2.11. The molecule has 0 atom stereocenters. The van der Waals surface area contributed by atoms with Gasteiger partial charge in [0, 0.05) is 11.8 Å². The average molecular weight is 171 g/mol. The maximum atomic E-state index is 10.9. The molecule has 4 heteroatoms. The predicted molar refractivity (Wildman–Crippen MR) is 41.1 cm³/mol. The second-order valence-corrected chi connectivity index (χ2v) is 2.22. The maximum Gasteiger partial charge on any atom is 0.179 e. The summed E-state index contributed by atoms with van der Waals surface area (Å²) < 4.78 is 0. The molecule has 57 valence electrons. The van der Waals surface area contributed by atoms with Crippen molar-refractivity contribution >= 4 is 23.6 Å². The van der Waals surface area contributed by atoms with Crippen LogP contribution in [0.2, 0.25) is 0 Å². The number of ketones is 1. The maximum absolute atomic E-state index is 10.9. The zero-order valence-electron chi connectivity index (χ0n) is 5.58. The molecule has 0 N–H and O–H groups in total. The van der Waals surface area contributed by atoms with Gasteiger partial charge in [-0.25, -0.2) is 0 Å². The number of halogens is 1. The highest BCUT2D eigenvalue weighted by atomic mass is 35.5. The summed E-state index contributed by atoms with van der Waals surface area (Å²) in [6.45, 7) is 0. The van der Waals surface area contributed by atoms with Crippen molar-refractivity contribution in [2.24, 2.45) is 4.99 Å². The van der Waals surface area contributed by atoms with Crippen LogP contribution in [-0.4, -0.2) is 17.9 Å². The molecule has 1 aliphatic heterocycles. The van der Waals surface area contributed by atoms with E-state index in [1.165, 1.54) is 12.3 Å². The van der Waals surface area contributed by atoms with Gasteiger partial charge in [0.2, 0.25) is 0 Å². The smallest absolute Gasteiger partial charge is 0.179 e. The van der Waals surface area contributed by atoms with Crippen LogP contribution in [0.1, 0.15) is 0 Å². The summed E-state index contributed by atoms with van der Waals surface area (Å²) in [6, 6.07) is 0. The fourth-order valence-corrected chi connectivity index (χ4v) is 0.826. The quantitative estimate of drug-likeness (QED) is 0.452. The summed E-state index contributed by atoms with van der Waals surface area (Å²) in [5.41, 5.74) is 0.653. The van der Waals surface area contributed by atoms with Crippen LogP contribution in [0, 0.1) is 0 Å². The van der Waals surface area contributed by atoms with Crippen molar-refractivity contribution in [3.05, 3.63) is 23.6 Å².